The second-order valence-corrected chi connectivity index (χ2v) is 38.3. The van der Waals surface area contributed by atoms with E-state index < -0.39 is 10.8 Å². The monoisotopic (exact) mass is 2030 g/mol. The molecule has 17 aromatic carbocycles. The summed E-state index contributed by atoms with van der Waals surface area (Å²) in [5, 5.41) is 23.7. The number of carbonyl (C=O) groups is 6. The summed E-state index contributed by atoms with van der Waals surface area (Å²) in [4.78, 5) is 73.3. The molecule has 1 aliphatic rings. The van der Waals surface area contributed by atoms with Crippen LogP contribution < -0.4 is 0 Å². The Hall–Kier alpha value is -13.8. The highest BCUT2D eigenvalue weighted by atomic mass is 16.6. The largest absolute Gasteiger partial charge is 0.458 e. The normalized spacial score (nSPS) is 12.7. The van der Waals surface area contributed by atoms with Crippen LogP contribution in [0.25, 0.3) is 108 Å². The van der Waals surface area contributed by atoms with Crippen LogP contribution in [0, 0.1) is 34.5 Å². The summed E-state index contributed by atoms with van der Waals surface area (Å²) in [5.41, 5.74) is 9.12. The maximum absolute atomic E-state index is 12.5. The quantitative estimate of drug-likeness (QED) is 0.0340. The van der Waals surface area contributed by atoms with Crippen LogP contribution in [0.3, 0.4) is 0 Å². The number of hydrogen-bond acceptors (Lipinski definition) is 12. The Morgan fingerprint density at radius 2 is 0.493 bits per heavy atom. The van der Waals surface area contributed by atoms with Crippen molar-refractivity contribution < 1.29 is 57.2 Å². The predicted octanol–water partition coefficient (Wildman–Crippen LogP) is 40.9. The van der Waals surface area contributed by atoms with Gasteiger partial charge in [-0.25, -0.2) is 0 Å². The molecule has 0 saturated carbocycles. The van der Waals surface area contributed by atoms with Gasteiger partial charge in [-0.2, -0.15) is 0 Å². The first-order valence-electron chi connectivity index (χ1n) is 49.3. The van der Waals surface area contributed by atoms with E-state index in [0.29, 0.717) is 0 Å². The Morgan fingerprint density at radius 1 is 0.247 bits per heavy atom. The molecule has 0 aliphatic heterocycles. The van der Waals surface area contributed by atoms with Gasteiger partial charge in [-0.3, -0.25) is 28.8 Å². The number of esters is 6. The van der Waals surface area contributed by atoms with Crippen LogP contribution in [-0.4, -0.2) is 35.8 Å². The van der Waals surface area contributed by atoms with Gasteiger partial charge < -0.3 is 28.4 Å². The average molecular weight is 2030 g/mol. The third-order valence-electron chi connectivity index (χ3n) is 27.7. The highest BCUT2D eigenvalue weighted by molar-refractivity contribution is 6.06. The zero-order chi connectivity index (χ0) is 98.6. The van der Waals surface area contributed by atoms with Crippen LogP contribution in [0.5, 0.6) is 0 Å². The zero-order valence-corrected chi connectivity index (χ0v) is 83.7. The lowest BCUT2D eigenvalue weighted by Gasteiger charge is -2.29. The molecular formula is C138H182O12. The minimum atomic E-state index is -0.464. The molecule has 0 spiro atoms. The van der Waals surface area contributed by atoms with Gasteiger partial charge in [0.25, 0.3) is 0 Å². The van der Waals surface area contributed by atoms with Gasteiger partial charge in [0.15, 0.2) is 6.10 Å². The number of carbonyl (C=O) groups excluding carboxylic acids is 6. The molecule has 9 unspecified atom stereocenters. The Balaban J connectivity index is 0.000000886. The van der Waals surface area contributed by atoms with Gasteiger partial charge in [-0.15, -0.1) is 0 Å². The Morgan fingerprint density at radius 3 is 0.840 bits per heavy atom. The summed E-state index contributed by atoms with van der Waals surface area (Å²) < 4.78 is 34.4. The fourth-order valence-corrected chi connectivity index (χ4v) is 17.2. The predicted molar refractivity (Wildman–Crippen MR) is 650 cm³/mol. The maximum Gasteiger partial charge on any atom is 0.312 e. The molecule has 1 aliphatic carbocycles. The lowest BCUT2D eigenvalue weighted by atomic mass is 9.84. The lowest BCUT2D eigenvalue weighted by molar-refractivity contribution is -0.160. The van der Waals surface area contributed by atoms with Gasteiger partial charge in [-0.05, 0) is 303 Å². The minimum absolute atomic E-state index is 0. The van der Waals surface area contributed by atoms with Crippen LogP contribution in [0.2, 0.25) is 0 Å². The van der Waals surface area contributed by atoms with Crippen LogP contribution >= 0.6 is 0 Å². The van der Waals surface area contributed by atoms with Gasteiger partial charge in [0, 0.05) is 22.3 Å². The SMILES string of the molecule is C.C.C.C.C.C.C.C.C.C.C.C.CCC(C)(C)C(=O)OC(C)c1c2ccccc2cc2ccccc12.CCC(C)(C)C(=O)OC(C)c1ccc2cc3ccccc3cc2c1.CCC(C)C(=O)OC(C)c1c2ccccc2cc2ccccc12.CCC(C)C(=O)OC(C)c1ccc2cc3ccccc3cc2c1.CCC(C)C(=O)OC(C)c1cccc2cc3ccccc3cc12.CCC(C)C(=O)OC1c2ccccc2Cc2ccccc21. The van der Waals surface area contributed by atoms with Crippen molar-refractivity contribution in [2.75, 3.05) is 0 Å². The highest BCUT2D eigenvalue weighted by Gasteiger charge is 2.34. The van der Waals surface area contributed by atoms with Crippen LogP contribution in [0.1, 0.15) is 346 Å². The Kier molecular flexibility index (Phi) is 54.9. The minimum Gasteiger partial charge on any atom is -0.458 e. The summed E-state index contributed by atoms with van der Waals surface area (Å²) in [6.45, 7) is 37.1. The fraction of sp³-hybridized carbons (Fsp3) is 0.362. The first kappa shape index (κ1) is 134. The number of hydrogen-bond donors (Lipinski definition) is 0. The molecule has 17 aromatic rings. The van der Waals surface area contributed by atoms with Crippen molar-refractivity contribution in [3.05, 3.63) is 372 Å². The first-order chi connectivity index (χ1) is 66.3. The Labute approximate surface area is 903 Å². The molecule has 0 saturated heterocycles. The molecule has 0 aromatic heterocycles. The van der Waals surface area contributed by atoms with Crippen molar-refractivity contribution in [2.24, 2.45) is 34.5 Å². The highest BCUT2D eigenvalue weighted by Crippen LogP contribution is 2.42. The molecule has 0 bridgehead atoms. The fourth-order valence-electron chi connectivity index (χ4n) is 17.2. The molecule has 0 N–H and O–H groups in total. The van der Waals surface area contributed by atoms with Gasteiger partial charge in [-0.1, -0.05) is 419 Å². The van der Waals surface area contributed by atoms with Gasteiger partial charge in [0.2, 0.25) is 0 Å². The van der Waals surface area contributed by atoms with Crippen LogP contribution in [0.15, 0.2) is 322 Å². The van der Waals surface area contributed by atoms with E-state index in [1.54, 1.807) is 0 Å². The molecule has 150 heavy (non-hydrogen) atoms. The standard InChI is InChI=1S/2C22H24O2.3C21H22O2.C19H20O2.12CH4/c1-5-22(3,4)21(23)24-15(2)20-18-12-8-6-10-16(18)14-17-11-7-9-13-19(17)20;1-5-22(3,4)21(23)24-15(2)16-10-11-19-13-17-8-6-7-9-18(17)14-20(19)12-16;1-4-14(2)21(22)23-15(3)20-18-11-7-5-9-16(18)13-17-10-6-8-12-19(17)20;1-4-14(2)21(22)23-15(3)19-11-7-10-18-12-16-8-5-6-9-17(16)13-20(18)19;1-4-14(2)21(22)23-15(3)16-9-10-19-12-17-7-5-6-8-18(17)13-20(19)11-16;1-3-13(2)19(20)21-18-16-10-6-4-8-14(16)12-15-9-5-7-11-17(15)18;;;;;;;;;;;;/h2*6-15H,5H2,1-4H3;3*5-15H,4H2,1-3H3;4-11,13,18H,3,12H2,1-2H3;12*1H4. The molecule has 0 amide bonds. The lowest BCUT2D eigenvalue weighted by Crippen LogP contribution is -2.26. The van der Waals surface area contributed by atoms with Crippen molar-refractivity contribution in [1.82, 2.24) is 0 Å². The van der Waals surface area contributed by atoms with Crippen molar-refractivity contribution in [3.8, 4) is 0 Å². The molecule has 806 valence electrons. The third kappa shape index (κ3) is 32.4. The first-order valence-corrected chi connectivity index (χ1v) is 49.3. The van der Waals surface area contributed by atoms with E-state index in [-0.39, 0.29) is 185 Å². The van der Waals surface area contributed by atoms with Crippen molar-refractivity contribution in [1.29, 1.82) is 0 Å². The van der Waals surface area contributed by atoms with Gasteiger partial charge in [0.1, 0.15) is 30.5 Å². The van der Waals surface area contributed by atoms with E-state index in [4.69, 9.17) is 28.4 Å². The number of benzene rings is 17. The summed E-state index contributed by atoms with van der Waals surface area (Å²) in [5.74, 6) is -1.03. The van der Waals surface area contributed by atoms with E-state index in [9.17, 15) is 28.8 Å². The second-order valence-electron chi connectivity index (χ2n) is 38.3. The number of rotatable bonds is 23. The van der Waals surface area contributed by atoms with Crippen molar-refractivity contribution in [2.45, 2.75) is 302 Å². The van der Waals surface area contributed by atoms with E-state index in [1.807, 2.05) is 235 Å². The smallest absolute Gasteiger partial charge is 0.312 e. The molecule has 18 rings (SSSR count). The average Bonchev–Trinajstić information content (AvgIpc) is 0.421. The van der Waals surface area contributed by atoms with Crippen molar-refractivity contribution in [3.63, 3.8) is 0 Å². The van der Waals surface area contributed by atoms with Crippen molar-refractivity contribution >= 4 is 144 Å². The van der Waals surface area contributed by atoms with E-state index >= 15 is 0 Å². The van der Waals surface area contributed by atoms with E-state index in [1.165, 1.54) is 91.9 Å². The molecule has 0 radical (unpaired) electrons. The number of ether oxygens (including phenoxy) is 6. The third-order valence-corrected chi connectivity index (χ3v) is 27.7. The maximum atomic E-state index is 12.5. The van der Waals surface area contributed by atoms with Crippen LogP contribution in [0.4, 0.5) is 0 Å². The summed E-state index contributed by atoms with van der Waals surface area (Å²) >= 11 is 0. The molecular weight excluding hydrogens is 1850 g/mol. The summed E-state index contributed by atoms with van der Waals surface area (Å²) in [6.07, 6.45) is 4.06. The summed E-state index contributed by atoms with van der Waals surface area (Å²) in [6, 6.07) is 111. The van der Waals surface area contributed by atoms with Gasteiger partial charge in [0.05, 0.1) is 34.5 Å². The second kappa shape index (κ2) is 61.3. The molecule has 0 fully saturated rings. The van der Waals surface area contributed by atoms with Gasteiger partial charge >= 0.3 is 35.8 Å². The molecule has 0 heterocycles. The molecule has 12 nitrogen and oxygen atoms in total. The summed E-state index contributed by atoms with van der Waals surface area (Å²) in [7, 11) is 0. The molecule has 9 atom stereocenters. The number of fused-ring (bicyclic) bond motifs is 12. The molecule has 12 heteroatoms. The Bertz CT molecular complexity index is 7010. The van der Waals surface area contributed by atoms with E-state index in [2.05, 4.69) is 218 Å². The topological polar surface area (TPSA) is 158 Å². The zero-order valence-electron chi connectivity index (χ0n) is 83.7. The van der Waals surface area contributed by atoms with Crippen LogP contribution in [-0.2, 0) is 63.6 Å². The van der Waals surface area contributed by atoms with E-state index in [0.717, 1.165) is 111 Å².